The van der Waals surface area contributed by atoms with Gasteiger partial charge in [0.05, 0.1) is 0 Å². The van der Waals surface area contributed by atoms with Gasteiger partial charge in [0.1, 0.15) is 0 Å². The second-order valence-electron chi connectivity index (χ2n) is 6.87. The Morgan fingerprint density at radius 2 is 1.46 bits per heavy atom. The van der Waals surface area contributed by atoms with Crippen molar-refractivity contribution in [2.45, 2.75) is 83.2 Å². The van der Waals surface area contributed by atoms with Crippen LogP contribution in [0.15, 0.2) is 24.3 Å². The second kappa shape index (κ2) is 11.4. The Kier molecular flexibility index (Phi) is 9.04. The molecule has 0 heterocycles. The van der Waals surface area contributed by atoms with E-state index in [2.05, 4.69) is 10.6 Å². The van der Waals surface area contributed by atoms with Gasteiger partial charge in [0.2, 0.25) is 0 Å². The standard InChI is InChI=1S/C20H31ClN2O/c21-19-15-11-10-12-17(19)16-22-20(24)23-18-13-8-6-4-2-1-3-5-7-9-14-18/h10-12,15,18H,1-9,13-14,16H2,(H2,22,23,24). The molecule has 2 rings (SSSR count). The van der Waals surface area contributed by atoms with Gasteiger partial charge in [0.25, 0.3) is 0 Å². The van der Waals surface area contributed by atoms with Crippen LogP contribution < -0.4 is 10.6 Å². The van der Waals surface area contributed by atoms with Crippen LogP contribution in [0.4, 0.5) is 4.79 Å². The molecule has 2 amide bonds. The molecule has 1 saturated carbocycles. The van der Waals surface area contributed by atoms with Gasteiger partial charge in [-0.3, -0.25) is 0 Å². The van der Waals surface area contributed by atoms with Gasteiger partial charge in [0.15, 0.2) is 0 Å². The van der Waals surface area contributed by atoms with E-state index in [9.17, 15) is 4.79 Å². The maximum Gasteiger partial charge on any atom is 0.315 e. The molecule has 1 aliphatic carbocycles. The number of nitrogens with one attached hydrogen (secondary N) is 2. The lowest BCUT2D eigenvalue weighted by Crippen LogP contribution is -2.41. The van der Waals surface area contributed by atoms with Crippen molar-refractivity contribution >= 4 is 17.6 Å². The molecule has 0 saturated heterocycles. The maximum absolute atomic E-state index is 12.2. The SMILES string of the molecule is O=C(NCc1ccccc1Cl)NC1CCCCCCCCCCC1. The van der Waals surface area contributed by atoms with Crippen LogP contribution in [0.25, 0.3) is 0 Å². The minimum absolute atomic E-state index is 0.0768. The van der Waals surface area contributed by atoms with E-state index >= 15 is 0 Å². The van der Waals surface area contributed by atoms with Crippen molar-refractivity contribution < 1.29 is 4.79 Å². The van der Waals surface area contributed by atoms with Crippen LogP contribution >= 0.6 is 11.6 Å². The summed E-state index contributed by atoms with van der Waals surface area (Å²) >= 11 is 6.13. The van der Waals surface area contributed by atoms with Crippen LogP contribution in [0.1, 0.15) is 76.2 Å². The van der Waals surface area contributed by atoms with E-state index in [0.717, 1.165) is 18.4 Å². The number of benzene rings is 1. The first-order chi connectivity index (χ1) is 11.8. The molecule has 0 atom stereocenters. The van der Waals surface area contributed by atoms with Gasteiger partial charge < -0.3 is 10.6 Å². The molecule has 0 radical (unpaired) electrons. The summed E-state index contributed by atoms with van der Waals surface area (Å²) in [5, 5.41) is 6.80. The zero-order chi connectivity index (χ0) is 17.0. The zero-order valence-electron chi connectivity index (χ0n) is 14.7. The number of carbonyl (C=O) groups excluding carboxylic acids is 1. The third-order valence-electron chi connectivity index (χ3n) is 4.84. The van der Waals surface area contributed by atoms with E-state index < -0.39 is 0 Å². The van der Waals surface area contributed by atoms with Crippen LogP contribution in [-0.4, -0.2) is 12.1 Å². The van der Waals surface area contributed by atoms with E-state index in [4.69, 9.17) is 11.6 Å². The Labute approximate surface area is 151 Å². The molecule has 3 nitrogen and oxygen atoms in total. The van der Waals surface area contributed by atoms with Crippen LogP contribution in [0, 0.1) is 0 Å². The molecule has 0 unspecified atom stereocenters. The number of carbonyl (C=O) groups is 1. The van der Waals surface area contributed by atoms with E-state index in [0.29, 0.717) is 17.6 Å². The smallest absolute Gasteiger partial charge is 0.315 e. The summed E-state index contributed by atoms with van der Waals surface area (Å²) in [4.78, 5) is 12.2. The molecule has 0 aromatic heterocycles. The van der Waals surface area contributed by atoms with Crippen molar-refractivity contribution in [2.24, 2.45) is 0 Å². The van der Waals surface area contributed by atoms with Gasteiger partial charge in [-0.2, -0.15) is 0 Å². The molecule has 4 heteroatoms. The van der Waals surface area contributed by atoms with Gasteiger partial charge >= 0.3 is 6.03 Å². The maximum atomic E-state index is 12.2. The Balaban J connectivity index is 1.75. The normalized spacial score (nSPS) is 18.2. The lowest BCUT2D eigenvalue weighted by atomic mass is 9.98. The fourth-order valence-corrected chi connectivity index (χ4v) is 3.56. The monoisotopic (exact) mass is 350 g/mol. The molecular formula is C20H31ClN2O. The first kappa shape index (κ1) is 19.1. The molecule has 1 fully saturated rings. The van der Waals surface area contributed by atoms with Crippen LogP contribution in [0.5, 0.6) is 0 Å². The summed E-state index contributed by atoms with van der Waals surface area (Å²) in [6, 6.07) is 7.86. The Morgan fingerprint density at radius 1 is 0.917 bits per heavy atom. The number of halogens is 1. The summed E-state index contributed by atoms with van der Waals surface area (Å²) in [7, 11) is 0. The molecule has 24 heavy (non-hydrogen) atoms. The van der Waals surface area contributed by atoms with E-state index in [1.165, 1.54) is 57.8 Å². The number of amides is 2. The second-order valence-corrected chi connectivity index (χ2v) is 7.28. The average molecular weight is 351 g/mol. The zero-order valence-corrected chi connectivity index (χ0v) is 15.4. The number of hydrogen-bond donors (Lipinski definition) is 2. The van der Waals surface area contributed by atoms with Crippen LogP contribution in [0.2, 0.25) is 5.02 Å². The molecule has 134 valence electrons. The first-order valence-electron chi connectivity index (χ1n) is 9.53. The molecule has 0 spiro atoms. The van der Waals surface area contributed by atoms with Crippen molar-refractivity contribution in [3.05, 3.63) is 34.9 Å². The number of urea groups is 1. The summed E-state index contributed by atoms with van der Waals surface area (Å²) in [5.41, 5.74) is 0.952. The van der Waals surface area contributed by atoms with Crippen molar-refractivity contribution in [2.75, 3.05) is 0 Å². The predicted octanol–water partition coefficient (Wildman–Crippen LogP) is 5.81. The van der Waals surface area contributed by atoms with Gasteiger partial charge in [-0.05, 0) is 24.5 Å². The topological polar surface area (TPSA) is 41.1 Å². The van der Waals surface area contributed by atoms with Crippen molar-refractivity contribution in [1.29, 1.82) is 0 Å². The van der Waals surface area contributed by atoms with Crippen molar-refractivity contribution in [3.8, 4) is 0 Å². The quantitative estimate of drug-likeness (QED) is 0.709. The summed E-state index contributed by atoms with van der Waals surface area (Å²) in [6.45, 7) is 0.470. The minimum Gasteiger partial charge on any atom is -0.335 e. The fraction of sp³-hybridized carbons (Fsp3) is 0.650. The highest BCUT2D eigenvalue weighted by Crippen LogP contribution is 2.17. The van der Waals surface area contributed by atoms with Crippen LogP contribution in [-0.2, 0) is 6.54 Å². The van der Waals surface area contributed by atoms with Gasteiger partial charge in [-0.15, -0.1) is 0 Å². The molecule has 0 aliphatic heterocycles. The molecular weight excluding hydrogens is 320 g/mol. The lowest BCUT2D eigenvalue weighted by molar-refractivity contribution is 0.234. The Bertz CT molecular complexity index is 480. The van der Waals surface area contributed by atoms with E-state index in [1.807, 2.05) is 24.3 Å². The summed E-state index contributed by atoms with van der Waals surface area (Å²) in [5.74, 6) is 0. The van der Waals surface area contributed by atoms with E-state index in [1.54, 1.807) is 0 Å². The third kappa shape index (κ3) is 7.57. The number of hydrogen-bond acceptors (Lipinski definition) is 1. The molecule has 0 bridgehead atoms. The summed E-state index contributed by atoms with van der Waals surface area (Å²) < 4.78 is 0. The van der Waals surface area contributed by atoms with Crippen molar-refractivity contribution in [3.63, 3.8) is 0 Å². The Hall–Kier alpha value is -1.22. The molecule has 1 aliphatic rings. The average Bonchev–Trinajstić information content (AvgIpc) is 2.56. The Morgan fingerprint density at radius 3 is 2.04 bits per heavy atom. The minimum atomic E-state index is -0.0768. The van der Waals surface area contributed by atoms with Gasteiger partial charge in [-0.25, -0.2) is 4.79 Å². The highest BCUT2D eigenvalue weighted by atomic mass is 35.5. The molecule has 2 N–H and O–H groups in total. The molecule has 1 aromatic rings. The first-order valence-corrected chi connectivity index (χ1v) is 9.91. The molecule has 1 aromatic carbocycles. The van der Waals surface area contributed by atoms with Gasteiger partial charge in [-0.1, -0.05) is 87.6 Å². The third-order valence-corrected chi connectivity index (χ3v) is 5.21. The van der Waals surface area contributed by atoms with Crippen molar-refractivity contribution in [1.82, 2.24) is 10.6 Å². The summed E-state index contributed by atoms with van der Waals surface area (Å²) in [6.07, 6.45) is 14.0. The highest BCUT2D eigenvalue weighted by Gasteiger charge is 2.12. The largest absolute Gasteiger partial charge is 0.335 e. The van der Waals surface area contributed by atoms with Gasteiger partial charge in [0, 0.05) is 17.6 Å². The lowest BCUT2D eigenvalue weighted by Gasteiger charge is -2.20. The number of rotatable bonds is 3. The fourth-order valence-electron chi connectivity index (χ4n) is 3.36. The van der Waals surface area contributed by atoms with Crippen LogP contribution in [0.3, 0.4) is 0 Å². The predicted molar refractivity (Wildman–Crippen MR) is 101 cm³/mol. The van der Waals surface area contributed by atoms with E-state index in [-0.39, 0.29) is 6.03 Å². The highest BCUT2D eigenvalue weighted by molar-refractivity contribution is 6.31.